The maximum Gasteiger partial charge on any atom is 0.341 e. The Morgan fingerprint density at radius 1 is 0.969 bits per heavy atom. The van der Waals surface area contributed by atoms with Gasteiger partial charge in [0.25, 0.3) is 0 Å². The van der Waals surface area contributed by atoms with Crippen LogP contribution in [0.4, 0.5) is 10.7 Å². The van der Waals surface area contributed by atoms with Gasteiger partial charge in [0.2, 0.25) is 11.8 Å². The number of aryl methyl sites for hydroxylation is 1. The number of methoxy groups -OCH3 is 1. The minimum Gasteiger partial charge on any atom is -0.465 e. The van der Waals surface area contributed by atoms with E-state index in [1.165, 1.54) is 18.4 Å². The molecule has 9 heteroatoms. The quantitative estimate of drug-likeness (QED) is 0.580. The largest absolute Gasteiger partial charge is 0.465 e. The monoisotopic (exact) mass is 458 g/mol. The first-order valence-electron chi connectivity index (χ1n) is 10.5. The molecule has 0 bridgehead atoms. The molecule has 170 valence electrons. The molecule has 8 nitrogen and oxygen atoms in total. The fourth-order valence-electron chi connectivity index (χ4n) is 3.58. The number of thiophene rings is 1. The number of carbonyl (C=O) groups is 4. The van der Waals surface area contributed by atoms with E-state index in [1.807, 2.05) is 0 Å². The summed E-state index contributed by atoms with van der Waals surface area (Å²) in [5, 5.41) is 5.91. The Labute approximate surface area is 190 Å². The Balaban J connectivity index is 1.63. The van der Waals surface area contributed by atoms with Gasteiger partial charge in [0.05, 0.1) is 30.5 Å². The van der Waals surface area contributed by atoms with Gasteiger partial charge in [-0.1, -0.05) is 12.1 Å². The highest BCUT2D eigenvalue weighted by Crippen LogP contribution is 2.38. The van der Waals surface area contributed by atoms with E-state index in [9.17, 15) is 19.2 Å². The van der Waals surface area contributed by atoms with E-state index in [0.717, 1.165) is 36.1 Å². The Bertz CT molecular complexity index is 1030. The van der Waals surface area contributed by atoms with Gasteiger partial charge in [-0.2, -0.15) is 0 Å². The second-order valence-corrected chi connectivity index (χ2v) is 8.37. The van der Waals surface area contributed by atoms with Crippen molar-refractivity contribution >= 4 is 45.8 Å². The third kappa shape index (κ3) is 5.53. The van der Waals surface area contributed by atoms with E-state index < -0.39 is 17.8 Å². The van der Waals surface area contributed by atoms with Gasteiger partial charge < -0.3 is 20.1 Å². The fourth-order valence-corrected chi connectivity index (χ4v) is 4.88. The zero-order valence-electron chi connectivity index (χ0n) is 18.1. The number of hydrogen-bond acceptors (Lipinski definition) is 7. The standard InChI is InChI=1S/C23H26N2O6S/c1-3-31-23(29)20-15-9-5-7-11-17(15)32-21(20)25-19(27)13-12-18(26)24-16-10-6-4-8-14(16)22(28)30-2/h4,6,8,10H,3,5,7,9,11-13H2,1-2H3,(H,24,26)(H,25,27). The molecule has 1 heterocycles. The number of ether oxygens (including phenoxy) is 2. The van der Waals surface area contributed by atoms with Crippen LogP contribution in [0.3, 0.4) is 0 Å². The highest BCUT2D eigenvalue weighted by Gasteiger charge is 2.27. The summed E-state index contributed by atoms with van der Waals surface area (Å²) < 4.78 is 9.91. The smallest absolute Gasteiger partial charge is 0.341 e. The molecule has 0 spiro atoms. The summed E-state index contributed by atoms with van der Waals surface area (Å²) in [6, 6.07) is 6.48. The van der Waals surface area contributed by atoms with Gasteiger partial charge in [-0.3, -0.25) is 9.59 Å². The lowest BCUT2D eigenvalue weighted by molar-refractivity contribution is -0.121. The van der Waals surface area contributed by atoms with Crippen molar-refractivity contribution in [3.63, 3.8) is 0 Å². The number of carbonyl (C=O) groups excluding carboxylic acids is 4. The topological polar surface area (TPSA) is 111 Å². The normalized spacial score (nSPS) is 12.4. The van der Waals surface area contributed by atoms with Gasteiger partial charge in [0.15, 0.2) is 0 Å². The highest BCUT2D eigenvalue weighted by molar-refractivity contribution is 7.17. The zero-order valence-corrected chi connectivity index (χ0v) is 18.9. The van der Waals surface area contributed by atoms with Crippen molar-refractivity contribution in [2.45, 2.75) is 45.4 Å². The van der Waals surface area contributed by atoms with E-state index in [0.29, 0.717) is 16.3 Å². The fraction of sp³-hybridized carbons (Fsp3) is 0.391. The molecule has 1 aliphatic carbocycles. The van der Waals surface area contributed by atoms with Crippen molar-refractivity contribution in [1.29, 1.82) is 0 Å². The molecule has 0 unspecified atom stereocenters. The number of benzene rings is 1. The lowest BCUT2D eigenvalue weighted by atomic mass is 9.95. The van der Waals surface area contributed by atoms with Crippen LogP contribution < -0.4 is 10.6 Å². The second kappa shape index (κ2) is 10.9. The molecule has 3 rings (SSSR count). The first kappa shape index (κ1) is 23.5. The van der Waals surface area contributed by atoms with Gasteiger partial charge >= 0.3 is 11.9 Å². The van der Waals surface area contributed by atoms with E-state index in [2.05, 4.69) is 10.6 Å². The van der Waals surface area contributed by atoms with Crippen molar-refractivity contribution in [2.24, 2.45) is 0 Å². The first-order valence-corrected chi connectivity index (χ1v) is 11.3. The van der Waals surface area contributed by atoms with Crippen LogP contribution in [0.2, 0.25) is 0 Å². The number of fused-ring (bicyclic) bond motifs is 1. The summed E-state index contributed by atoms with van der Waals surface area (Å²) in [5.74, 6) is -1.77. The number of hydrogen-bond donors (Lipinski definition) is 2. The van der Waals surface area contributed by atoms with Gasteiger partial charge in [-0.05, 0) is 50.3 Å². The van der Waals surface area contributed by atoms with E-state index in [1.54, 1.807) is 31.2 Å². The summed E-state index contributed by atoms with van der Waals surface area (Å²) in [7, 11) is 1.26. The van der Waals surface area contributed by atoms with Crippen molar-refractivity contribution in [1.82, 2.24) is 0 Å². The number of rotatable bonds is 8. The van der Waals surface area contributed by atoms with Crippen LogP contribution in [0.1, 0.15) is 63.8 Å². The van der Waals surface area contributed by atoms with Crippen LogP contribution >= 0.6 is 11.3 Å². The maximum atomic E-state index is 12.5. The van der Waals surface area contributed by atoms with Crippen molar-refractivity contribution in [3.8, 4) is 0 Å². The maximum absolute atomic E-state index is 12.5. The number of esters is 2. The van der Waals surface area contributed by atoms with Crippen molar-refractivity contribution < 1.29 is 28.7 Å². The SMILES string of the molecule is CCOC(=O)c1c(NC(=O)CCC(=O)Nc2ccccc2C(=O)OC)sc2c1CCCC2. The average molecular weight is 459 g/mol. The Kier molecular flexibility index (Phi) is 7.99. The number of nitrogens with one attached hydrogen (secondary N) is 2. The van der Waals surface area contributed by atoms with Crippen LogP contribution in [0.25, 0.3) is 0 Å². The molecule has 0 fully saturated rings. The average Bonchev–Trinajstić information content (AvgIpc) is 3.15. The highest BCUT2D eigenvalue weighted by atomic mass is 32.1. The van der Waals surface area contributed by atoms with Crippen LogP contribution in [-0.4, -0.2) is 37.5 Å². The minimum absolute atomic E-state index is 0.0724. The molecule has 2 amide bonds. The summed E-state index contributed by atoms with van der Waals surface area (Å²) in [6.45, 7) is 2.00. The van der Waals surface area contributed by atoms with E-state index in [-0.39, 0.29) is 30.9 Å². The van der Waals surface area contributed by atoms with Gasteiger partial charge in [0.1, 0.15) is 5.00 Å². The molecule has 0 saturated heterocycles. The van der Waals surface area contributed by atoms with Crippen LogP contribution in [0.5, 0.6) is 0 Å². The number of amides is 2. The van der Waals surface area contributed by atoms with Crippen molar-refractivity contribution in [2.75, 3.05) is 24.4 Å². The lowest BCUT2D eigenvalue weighted by Gasteiger charge is -2.12. The Morgan fingerprint density at radius 2 is 1.66 bits per heavy atom. The summed E-state index contributed by atoms with van der Waals surface area (Å²) in [6.07, 6.45) is 3.56. The van der Waals surface area contributed by atoms with Crippen LogP contribution in [0.15, 0.2) is 24.3 Å². The predicted molar refractivity (Wildman–Crippen MR) is 121 cm³/mol. The number of anilines is 2. The van der Waals surface area contributed by atoms with Crippen LogP contribution in [0, 0.1) is 0 Å². The molecule has 1 aliphatic rings. The molecule has 2 aromatic rings. The first-order chi connectivity index (χ1) is 15.4. The van der Waals surface area contributed by atoms with Crippen LogP contribution in [-0.2, 0) is 31.9 Å². The Hall–Kier alpha value is -3.20. The predicted octanol–water partition coefficient (Wildman–Crippen LogP) is 3.95. The lowest BCUT2D eigenvalue weighted by Crippen LogP contribution is -2.19. The second-order valence-electron chi connectivity index (χ2n) is 7.27. The molecular formula is C23H26N2O6S. The summed E-state index contributed by atoms with van der Waals surface area (Å²) >= 11 is 1.40. The third-order valence-electron chi connectivity index (χ3n) is 5.09. The molecule has 0 atom stereocenters. The molecule has 0 radical (unpaired) electrons. The molecule has 0 saturated carbocycles. The number of para-hydroxylation sites is 1. The van der Waals surface area contributed by atoms with Gasteiger partial charge in [-0.25, -0.2) is 9.59 Å². The third-order valence-corrected chi connectivity index (χ3v) is 6.30. The molecule has 0 aliphatic heterocycles. The zero-order chi connectivity index (χ0) is 23.1. The molecule has 1 aromatic carbocycles. The summed E-state index contributed by atoms with van der Waals surface area (Å²) in [4.78, 5) is 50.3. The van der Waals surface area contributed by atoms with Crippen molar-refractivity contribution in [3.05, 3.63) is 45.8 Å². The van der Waals surface area contributed by atoms with Gasteiger partial charge in [-0.15, -0.1) is 11.3 Å². The van der Waals surface area contributed by atoms with Gasteiger partial charge in [0, 0.05) is 17.7 Å². The molecule has 1 aromatic heterocycles. The van der Waals surface area contributed by atoms with E-state index in [4.69, 9.17) is 9.47 Å². The van der Waals surface area contributed by atoms with E-state index >= 15 is 0 Å². The summed E-state index contributed by atoms with van der Waals surface area (Å²) in [5.41, 5.74) is 1.96. The molecule has 2 N–H and O–H groups in total. The minimum atomic E-state index is -0.563. The Morgan fingerprint density at radius 3 is 2.38 bits per heavy atom. The molecule has 32 heavy (non-hydrogen) atoms. The molecular weight excluding hydrogens is 432 g/mol.